The van der Waals surface area contributed by atoms with Gasteiger partial charge in [-0.3, -0.25) is 4.79 Å². The number of hydrogen-bond acceptors (Lipinski definition) is 5. The topological polar surface area (TPSA) is 98.5 Å². The number of benzene rings is 1. The first-order valence-corrected chi connectivity index (χ1v) is 8.72. The Morgan fingerprint density at radius 1 is 1.48 bits per heavy atom. The van der Waals surface area contributed by atoms with Gasteiger partial charge in [-0.05, 0) is 31.0 Å². The van der Waals surface area contributed by atoms with E-state index >= 15 is 0 Å². The number of nitrogens with one attached hydrogen (secondary N) is 1. The predicted molar refractivity (Wildman–Crippen MR) is 82.1 cm³/mol. The molecule has 2 rings (SSSR count). The van der Waals surface area contributed by atoms with Gasteiger partial charge < -0.3 is 15.8 Å². The zero-order valence-electron chi connectivity index (χ0n) is 11.3. The molecule has 21 heavy (non-hydrogen) atoms. The largest absolute Gasteiger partial charge is 0.399 e. The lowest BCUT2D eigenvalue weighted by atomic mass is 10.3. The third-order valence-electron chi connectivity index (χ3n) is 3.08. The van der Waals surface area contributed by atoms with Crippen LogP contribution in [0.1, 0.15) is 12.8 Å². The van der Waals surface area contributed by atoms with Gasteiger partial charge >= 0.3 is 0 Å². The first-order valence-electron chi connectivity index (χ1n) is 6.52. The van der Waals surface area contributed by atoms with E-state index in [1.807, 2.05) is 0 Å². The second kappa shape index (κ2) is 6.64. The standard InChI is InChI=1S/C13H17ClN2O4S/c14-11-4-3-9(15)6-12(11)16-13(17)8-21(18,19)7-10-2-1-5-20-10/h3-4,6,10H,1-2,5,7-8,15H2,(H,16,17). The van der Waals surface area contributed by atoms with E-state index in [1.165, 1.54) is 12.1 Å². The summed E-state index contributed by atoms with van der Waals surface area (Å²) in [6.07, 6.45) is 1.26. The average molecular weight is 333 g/mol. The van der Waals surface area contributed by atoms with Gasteiger partial charge in [-0.25, -0.2) is 8.42 Å². The highest BCUT2D eigenvalue weighted by molar-refractivity contribution is 7.92. The number of amides is 1. The van der Waals surface area contributed by atoms with Gasteiger partial charge in [0.2, 0.25) is 5.91 Å². The zero-order valence-corrected chi connectivity index (χ0v) is 12.9. The van der Waals surface area contributed by atoms with Crippen LogP contribution < -0.4 is 11.1 Å². The summed E-state index contributed by atoms with van der Waals surface area (Å²) in [6.45, 7) is 0.575. The maximum absolute atomic E-state index is 11.9. The van der Waals surface area contributed by atoms with Crippen LogP contribution in [-0.4, -0.2) is 38.5 Å². The molecule has 8 heteroatoms. The van der Waals surface area contributed by atoms with E-state index in [0.717, 1.165) is 6.42 Å². The Bertz CT molecular complexity index is 627. The van der Waals surface area contributed by atoms with Crippen molar-refractivity contribution >= 4 is 38.7 Å². The number of ether oxygens (including phenoxy) is 1. The van der Waals surface area contributed by atoms with Crippen molar-refractivity contribution in [3.05, 3.63) is 23.2 Å². The summed E-state index contributed by atoms with van der Waals surface area (Å²) in [5.74, 6) is -1.37. The SMILES string of the molecule is Nc1ccc(Cl)c(NC(=O)CS(=O)(=O)CC2CCCO2)c1. The Morgan fingerprint density at radius 2 is 2.24 bits per heavy atom. The molecule has 0 radical (unpaired) electrons. The van der Waals surface area contributed by atoms with E-state index in [2.05, 4.69) is 5.32 Å². The minimum absolute atomic E-state index is 0.134. The van der Waals surface area contributed by atoms with Gasteiger partial charge in [0.05, 0.1) is 22.6 Å². The van der Waals surface area contributed by atoms with Gasteiger partial charge in [0.25, 0.3) is 0 Å². The molecule has 3 N–H and O–H groups in total. The van der Waals surface area contributed by atoms with Crippen LogP contribution in [0.2, 0.25) is 5.02 Å². The molecule has 1 amide bonds. The highest BCUT2D eigenvalue weighted by atomic mass is 35.5. The number of rotatable bonds is 5. The van der Waals surface area contributed by atoms with Crippen molar-refractivity contribution in [3.8, 4) is 0 Å². The number of carbonyl (C=O) groups excluding carboxylic acids is 1. The molecular formula is C13H17ClN2O4S. The van der Waals surface area contributed by atoms with Crippen molar-refractivity contribution < 1.29 is 17.9 Å². The van der Waals surface area contributed by atoms with Gasteiger partial charge in [0.15, 0.2) is 9.84 Å². The summed E-state index contributed by atoms with van der Waals surface area (Å²) in [5, 5.41) is 2.76. The van der Waals surface area contributed by atoms with Crippen LogP contribution in [0.15, 0.2) is 18.2 Å². The molecule has 0 spiro atoms. The molecule has 0 saturated carbocycles. The lowest BCUT2D eigenvalue weighted by Crippen LogP contribution is -2.29. The summed E-state index contributed by atoms with van der Waals surface area (Å²) >= 11 is 5.91. The minimum atomic E-state index is -3.52. The molecule has 1 aromatic rings. The maximum Gasteiger partial charge on any atom is 0.239 e. The number of anilines is 2. The monoisotopic (exact) mass is 332 g/mol. The molecule has 1 heterocycles. The van der Waals surface area contributed by atoms with Crippen molar-refractivity contribution in [2.24, 2.45) is 0 Å². The number of nitrogens with two attached hydrogens (primary N) is 1. The van der Waals surface area contributed by atoms with Crippen LogP contribution in [0.4, 0.5) is 11.4 Å². The van der Waals surface area contributed by atoms with E-state index in [0.29, 0.717) is 29.4 Å². The van der Waals surface area contributed by atoms with E-state index in [1.54, 1.807) is 6.07 Å². The smallest absolute Gasteiger partial charge is 0.239 e. The molecule has 0 bridgehead atoms. The highest BCUT2D eigenvalue weighted by Crippen LogP contribution is 2.24. The van der Waals surface area contributed by atoms with Crippen LogP contribution in [0.3, 0.4) is 0 Å². The van der Waals surface area contributed by atoms with Gasteiger partial charge in [-0.1, -0.05) is 11.6 Å². The molecule has 1 aliphatic heterocycles. The molecule has 1 unspecified atom stereocenters. The van der Waals surface area contributed by atoms with E-state index < -0.39 is 21.5 Å². The summed E-state index contributed by atoms with van der Waals surface area (Å²) < 4.78 is 29.2. The molecule has 1 aliphatic rings. The molecule has 1 aromatic carbocycles. The quantitative estimate of drug-likeness (QED) is 0.795. The predicted octanol–water partition coefficient (Wildman–Crippen LogP) is 1.45. The van der Waals surface area contributed by atoms with Crippen molar-refractivity contribution in [2.75, 3.05) is 29.2 Å². The molecule has 116 valence electrons. The summed E-state index contributed by atoms with van der Waals surface area (Å²) in [5.41, 5.74) is 6.32. The summed E-state index contributed by atoms with van der Waals surface area (Å²) in [7, 11) is -3.52. The van der Waals surface area contributed by atoms with Crippen LogP contribution in [0.25, 0.3) is 0 Å². The molecular weight excluding hydrogens is 316 g/mol. The Hall–Kier alpha value is -1.31. The van der Waals surface area contributed by atoms with E-state index in [9.17, 15) is 13.2 Å². The molecule has 1 fully saturated rings. The normalized spacial score (nSPS) is 18.6. The van der Waals surface area contributed by atoms with E-state index in [4.69, 9.17) is 22.1 Å². The lowest BCUT2D eigenvalue weighted by molar-refractivity contribution is -0.113. The van der Waals surface area contributed by atoms with Crippen LogP contribution >= 0.6 is 11.6 Å². The fourth-order valence-electron chi connectivity index (χ4n) is 2.14. The maximum atomic E-state index is 11.9. The van der Waals surface area contributed by atoms with Gasteiger partial charge in [0, 0.05) is 12.3 Å². The molecule has 0 aromatic heterocycles. The zero-order chi connectivity index (χ0) is 15.5. The van der Waals surface area contributed by atoms with Crippen molar-refractivity contribution in [2.45, 2.75) is 18.9 Å². The van der Waals surface area contributed by atoms with Crippen molar-refractivity contribution in [3.63, 3.8) is 0 Å². The van der Waals surface area contributed by atoms with Gasteiger partial charge in [-0.2, -0.15) is 0 Å². The average Bonchev–Trinajstić information content (AvgIpc) is 2.84. The third-order valence-corrected chi connectivity index (χ3v) is 4.99. The summed E-state index contributed by atoms with van der Waals surface area (Å²) in [6, 6.07) is 4.60. The third kappa shape index (κ3) is 4.87. The van der Waals surface area contributed by atoms with E-state index in [-0.39, 0.29) is 11.9 Å². The second-order valence-corrected chi connectivity index (χ2v) is 7.49. The number of hydrogen-bond donors (Lipinski definition) is 2. The number of nitrogen functional groups attached to an aromatic ring is 1. The fourth-order valence-corrected chi connectivity index (χ4v) is 3.73. The van der Waals surface area contributed by atoms with Gasteiger partial charge in [-0.15, -0.1) is 0 Å². The lowest BCUT2D eigenvalue weighted by Gasteiger charge is -2.11. The number of halogens is 1. The second-order valence-electron chi connectivity index (χ2n) is 4.98. The molecule has 1 atom stereocenters. The van der Waals surface area contributed by atoms with Gasteiger partial charge in [0.1, 0.15) is 5.75 Å². The summed E-state index contributed by atoms with van der Waals surface area (Å²) in [4.78, 5) is 11.8. The molecule has 0 aliphatic carbocycles. The first kappa shape index (κ1) is 16.1. The van der Waals surface area contributed by atoms with Crippen LogP contribution in [0.5, 0.6) is 0 Å². The highest BCUT2D eigenvalue weighted by Gasteiger charge is 2.25. The first-order chi connectivity index (χ1) is 9.85. The van der Waals surface area contributed by atoms with Crippen molar-refractivity contribution in [1.82, 2.24) is 0 Å². The number of sulfone groups is 1. The Morgan fingerprint density at radius 3 is 2.90 bits per heavy atom. The molecule has 6 nitrogen and oxygen atoms in total. The molecule has 1 saturated heterocycles. The van der Waals surface area contributed by atoms with Crippen LogP contribution in [-0.2, 0) is 19.4 Å². The van der Waals surface area contributed by atoms with Crippen molar-refractivity contribution in [1.29, 1.82) is 0 Å². The number of carbonyl (C=O) groups is 1. The Balaban J connectivity index is 1.95. The Kier molecular flexibility index (Phi) is 5.08. The van der Waals surface area contributed by atoms with Crippen LogP contribution in [0, 0.1) is 0 Å². The minimum Gasteiger partial charge on any atom is -0.399 e. The fraction of sp³-hybridized carbons (Fsp3) is 0.462. The Labute approximate surface area is 128 Å².